The molecule has 0 aromatic carbocycles. The first kappa shape index (κ1) is 21.3. The van der Waals surface area contributed by atoms with Gasteiger partial charge in [-0.15, -0.1) is 0 Å². The molecule has 2 heterocycles. The summed E-state index contributed by atoms with van der Waals surface area (Å²) in [5, 5.41) is 2.83. The molecule has 2 aliphatic rings. The second-order valence-electron chi connectivity index (χ2n) is 8.57. The van der Waals surface area contributed by atoms with E-state index in [-0.39, 0.29) is 23.8 Å². The summed E-state index contributed by atoms with van der Waals surface area (Å²) in [7, 11) is 0. The van der Waals surface area contributed by atoms with Crippen molar-refractivity contribution in [1.82, 2.24) is 15.2 Å². The van der Waals surface area contributed by atoms with E-state index < -0.39 is 0 Å². The van der Waals surface area contributed by atoms with Crippen LogP contribution in [0.15, 0.2) is 30.0 Å². The van der Waals surface area contributed by atoms with Gasteiger partial charge in [0.1, 0.15) is 11.9 Å². The lowest BCUT2D eigenvalue weighted by molar-refractivity contribution is -0.135. The van der Waals surface area contributed by atoms with Gasteiger partial charge in [-0.25, -0.2) is 0 Å². The van der Waals surface area contributed by atoms with E-state index in [1.165, 1.54) is 25.7 Å². The molecule has 3 rings (SSSR count). The van der Waals surface area contributed by atoms with Crippen LogP contribution in [0, 0.1) is 11.8 Å². The Labute approximate surface area is 173 Å². The maximum Gasteiger partial charge on any atom is 0.244 e. The van der Waals surface area contributed by atoms with Crippen LogP contribution >= 0.6 is 0 Å². The van der Waals surface area contributed by atoms with Crippen molar-refractivity contribution in [3.05, 3.63) is 35.7 Å². The van der Waals surface area contributed by atoms with E-state index in [1.807, 2.05) is 30.9 Å². The third kappa shape index (κ3) is 6.05. The summed E-state index contributed by atoms with van der Waals surface area (Å²) in [4.78, 5) is 30.8. The number of nitrogens with one attached hydrogen (secondary N) is 1. The van der Waals surface area contributed by atoms with E-state index in [2.05, 4.69) is 17.2 Å². The zero-order valence-electron chi connectivity index (χ0n) is 17.8. The summed E-state index contributed by atoms with van der Waals surface area (Å²) in [5.74, 6) is 1.55. The lowest BCUT2D eigenvalue weighted by Gasteiger charge is -2.24. The third-order valence-corrected chi connectivity index (χ3v) is 5.91. The van der Waals surface area contributed by atoms with E-state index in [4.69, 9.17) is 4.74 Å². The van der Waals surface area contributed by atoms with Gasteiger partial charge in [0, 0.05) is 37.2 Å². The minimum Gasteiger partial charge on any atom is -0.488 e. The van der Waals surface area contributed by atoms with E-state index in [1.54, 1.807) is 12.3 Å². The van der Waals surface area contributed by atoms with Crippen molar-refractivity contribution in [3.63, 3.8) is 0 Å². The zero-order valence-corrected chi connectivity index (χ0v) is 17.8. The molecule has 1 N–H and O–H groups in total. The fraction of sp³-hybridized carbons (Fsp3) is 0.609. The first-order valence-electron chi connectivity index (χ1n) is 10.8. The number of nitrogens with zero attached hydrogens (tertiary/aromatic N) is 2. The number of carbonyl (C=O) groups excluding carboxylic acids is 2. The van der Waals surface area contributed by atoms with Gasteiger partial charge in [-0.3, -0.25) is 14.6 Å². The largest absolute Gasteiger partial charge is 0.488 e. The van der Waals surface area contributed by atoms with Crippen LogP contribution in [-0.2, 0) is 16.1 Å². The summed E-state index contributed by atoms with van der Waals surface area (Å²) >= 11 is 0. The maximum absolute atomic E-state index is 12.8. The molecule has 158 valence electrons. The Hall–Kier alpha value is -2.37. The fourth-order valence-electron chi connectivity index (χ4n) is 4.28. The minimum absolute atomic E-state index is 0.00486. The molecule has 0 bridgehead atoms. The SMILES string of the molecule is CC(C)=CC(=O)NCc1cc(OC2CCN(C(=O)C(C)C3CCCC3)C2)ccn1. The number of aromatic nitrogens is 1. The Balaban J connectivity index is 1.50. The van der Waals surface area contributed by atoms with Crippen LogP contribution in [0.1, 0.15) is 58.6 Å². The number of rotatable bonds is 7. The van der Waals surface area contributed by atoms with Crippen molar-refractivity contribution in [1.29, 1.82) is 0 Å². The number of pyridine rings is 1. The second kappa shape index (κ2) is 9.90. The van der Waals surface area contributed by atoms with Crippen LogP contribution in [0.25, 0.3) is 0 Å². The average Bonchev–Trinajstić information content (AvgIpc) is 3.37. The molecule has 1 aliphatic carbocycles. The number of carbonyl (C=O) groups is 2. The van der Waals surface area contributed by atoms with Crippen LogP contribution in [0.2, 0.25) is 0 Å². The minimum atomic E-state index is -0.126. The lowest BCUT2D eigenvalue weighted by atomic mass is 9.91. The first-order valence-corrected chi connectivity index (χ1v) is 10.8. The summed E-state index contributed by atoms with van der Waals surface area (Å²) in [6, 6.07) is 3.68. The van der Waals surface area contributed by atoms with Gasteiger partial charge in [0.25, 0.3) is 0 Å². The van der Waals surface area contributed by atoms with E-state index in [9.17, 15) is 9.59 Å². The van der Waals surface area contributed by atoms with E-state index in [0.29, 0.717) is 19.0 Å². The summed E-state index contributed by atoms with van der Waals surface area (Å²) in [6.07, 6.45) is 8.99. The topological polar surface area (TPSA) is 71.5 Å². The van der Waals surface area contributed by atoms with Gasteiger partial charge in [0.2, 0.25) is 11.8 Å². The quantitative estimate of drug-likeness (QED) is 0.713. The maximum atomic E-state index is 12.8. The summed E-state index contributed by atoms with van der Waals surface area (Å²) in [6.45, 7) is 7.62. The highest BCUT2D eigenvalue weighted by molar-refractivity contribution is 5.87. The van der Waals surface area contributed by atoms with Crippen molar-refractivity contribution in [2.45, 2.75) is 65.5 Å². The highest BCUT2D eigenvalue weighted by Crippen LogP contribution is 2.33. The molecule has 0 radical (unpaired) electrons. The fourth-order valence-corrected chi connectivity index (χ4v) is 4.28. The van der Waals surface area contributed by atoms with Crippen LogP contribution in [-0.4, -0.2) is 40.9 Å². The molecule has 2 unspecified atom stereocenters. The number of allylic oxidation sites excluding steroid dienone is 1. The van der Waals surface area contributed by atoms with Gasteiger partial charge in [-0.05, 0) is 38.7 Å². The van der Waals surface area contributed by atoms with Crippen molar-refractivity contribution in [2.75, 3.05) is 13.1 Å². The Morgan fingerprint density at radius 2 is 2.07 bits per heavy atom. The normalized spacial score (nSPS) is 20.4. The Morgan fingerprint density at radius 3 is 2.79 bits per heavy atom. The predicted octanol–water partition coefficient (Wildman–Crippen LogP) is 3.47. The molecular formula is C23H33N3O3. The molecule has 1 aromatic heterocycles. The molecule has 2 atom stereocenters. The molecule has 0 spiro atoms. The van der Waals surface area contributed by atoms with Gasteiger partial charge in [-0.1, -0.05) is 25.3 Å². The van der Waals surface area contributed by atoms with Gasteiger partial charge in [0.15, 0.2) is 0 Å². The van der Waals surface area contributed by atoms with E-state index >= 15 is 0 Å². The van der Waals surface area contributed by atoms with Gasteiger partial charge < -0.3 is 15.0 Å². The monoisotopic (exact) mass is 399 g/mol. The van der Waals surface area contributed by atoms with Crippen molar-refractivity contribution >= 4 is 11.8 Å². The van der Waals surface area contributed by atoms with Crippen LogP contribution < -0.4 is 10.1 Å². The molecule has 1 saturated heterocycles. The number of ether oxygens (including phenoxy) is 1. The Bertz CT molecular complexity index is 751. The number of amides is 2. The lowest BCUT2D eigenvalue weighted by Crippen LogP contribution is -2.37. The zero-order chi connectivity index (χ0) is 20.8. The average molecular weight is 400 g/mol. The highest BCUT2D eigenvalue weighted by Gasteiger charge is 2.34. The number of hydrogen-bond acceptors (Lipinski definition) is 4. The Morgan fingerprint density at radius 1 is 1.31 bits per heavy atom. The number of hydrogen-bond donors (Lipinski definition) is 1. The molecule has 6 heteroatoms. The molecule has 2 amide bonds. The molecule has 6 nitrogen and oxygen atoms in total. The second-order valence-corrected chi connectivity index (χ2v) is 8.57. The summed E-state index contributed by atoms with van der Waals surface area (Å²) < 4.78 is 6.11. The van der Waals surface area contributed by atoms with Crippen LogP contribution in [0.5, 0.6) is 5.75 Å². The molecule has 2 fully saturated rings. The van der Waals surface area contributed by atoms with Crippen LogP contribution in [0.4, 0.5) is 0 Å². The Kier molecular flexibility index (Phi) is 7.29. The van der Waals surface area contributed by atoms with Crippen LogP contribution in [0.3, 0.4) is 0 Å². The molecule has 1 aliphatic heterocycles. The number of likely N-dealkylation sites (tertiary alicyclic amines) is 1. The van der Waals surface area contributed by atoms with Gasteiger partial charge >= 0.3 is 0 Å². The molecule has 1 saturated carbocycles. The smallest absolute Gasteiger partial charge is 0.244 e. The van der Waals surface area contributed by atoms with Gasteiger partial charge in [0.05, 0.1) is 18.8 Å². The molecule has 29 heavy (non-hydrogen) atoms. The molecule has 1 aromatic rings. The first-order chi connectivity index (χ1) is 13.9. The highest BCUT2D eigenvalue weighted by atomic mass is 16.5. The standard InChI is InChI=1S/C23H33N3O3/c1-16(2)12-22(27)25-14-19-13-20(8-10-24-19)29-21-9-11-26(15-21)23(28)17(3)18-6-4-5-7-18/h8,10,12-13,17-18,21H,4-7,9,11,14-15H2,1-3H3,(H,25,27). The molecular weight excluding hydrogens is 366 g/mol. The third-order valence-electron chi connectivity index (χ3n) is 5.91. The predicted molar refractivity (Wildman–Crippen MR) is 112 cm³/mol. The van der Waals surface area contributed by atoms with Crippen molar-refractivity contribution in [2.24, 2.45) is 11.8 Å². The van der Waals surface area contributed by atoms with Crippen molar-refractivity contribution in [3.8, 4) is 5.75 Å². The summed E-state index contributed by atoms with van der Waals surface area (Å²) in [5.41, 5.74) is 1.70. The van der Waals surface area contributed by atoms with Gasteiger partial charge in [-0.2, -0.15) is 0 Å². The van der Waals surface area contributed by atoms with E-state index in [0.717, 1.165) is 30.0 Å². The van der Waals surface area contributed by atoms with Crippen molar-refractivity contribution < 1.29 is 14.3 Å².